The van der Waals surface area contributed by atoms with E-state index in [1.807, 2.05) is 0 Å². The van der Waals surface area contributed by atoms with E-state index in [0.717, 1.165) is 12.1 Å². The molecule has 1 aromatic rings. The Morgan fingerprint density at radius 2 is 2.05 bits per heavy atom. The van der Waals surface area contributed by atoms with Gasteiger partial charge in [0, 0.05) is 13.1 Å². The topological polar surface area (TPSA) is 66.5 Å². The maximum atomic E-state index is 13.3. The number of sulfone groups is 1. The predicted octanol–water partition coefficient (Wildman–Crippen LogP) is 1.85. The Morgan fingerprint density at radius 1 is 1.36 bits per heavy atom. The fraction of sp³-hybridized carbons (Fsp3) is 0.500. The van der Waals surface area contributed by atoms with Gasteiger partial charge in [0.05, 0.1) is 17.5 Å². The molecule has 1 aliphatic heterocycles. The van der Waals surface area contributed by atoms with Gasteiger partial charge < -0.3 is 10.2 Å². The monoisotopic (exact) mass is 332 g/mol. The van der Waals surface area contributed by atoms with Crippen molar-refractivity contribution < 1.29 is 22.0 Å². The summed E-state index contributed by atoms with van der Waals surface area (Å²) >= 11 is 0. The molecule has 0 bridgehead atoms. The predicted molar refractivity (Wildman–Crippen MR) is 78.1 cm³/mol. The standard InChI is InChI=1S/C14H18F2N2O3S/c1-9(10-3-4-12(15)13(16)7-10)18(2)14(19)17-11-5-6-22(20,21)8-11/h3-4,7,9,11H,5-6,8H2,1-2H3,(H,17,19)/t9-,11-/m0/s1. The van der Waals surface area contributed by atoms with E-state index in [9.17, 15) is 22.0 Å². The normalized spacial score (nSPS) is 21.4. The van der Waals surface area contributed by atoms with Crippen LogP contribution in [0, 0.1) is 11.6 Å². The number of nitrogens with zero attached hydrogens (tertiary/aromatic N) is 1. The fourth-order valence-electron chi connectivity index (χ4n) is 2.36. The number of urea groups is 1. The van der Waals surface area contributed by atoms with Crippen LogP contribution >= 0.6 is 0 Å². The Bertz CT molecular complexity index is 679. The summed E-state index contributed by atoms with van der Waals surface area (Å²) in [6.07, 6.45) is 0.390. The molecule has 0 saturated carbocycles. The highest BCUT2D eigenvalue weighted by Crippen LogP contribution is 2.21. The highest BCUT2D eigenvalue weighted by atomic mass is 32.2. The van der Waals surface area contributed by atoms with E-state index in [1.165, 1.54) is 18.0 Å². The molecule has 1 fully saturated rings. The summed E-state index contributed by atoms with van der Waals surface area (Å²) in [6.45, 7) is 1.68. The summed E-state index contributed by atoms with van der Waals surface area (Å²) in [5.41, 5.74) is 0.454. The molecule has 2 amide bonds. The van der Waals surface area contributed by atoms with E-state index in [-0.39, 0.29) is 11.5 Å². The summed E-state index contributed by atoms with van der Waals surface area (Å²) in [4.78, 5) is 13.5. The first-order valence-corrected chi connectivity index (χ1v) is 8.70. The van der Waals surface area contributed by atoms with Crippen LogP contribution in [-0.2, 0) is 9.84 Å². The molecule has 1 heterocycles. The highest BCUT2D eigenvalue weighted by Gasteiger charge is 2.30. The van der Waals surface area contributed by atoms with Crippen molar-refractivity contribution in [1.82, 2.24) is 10.2 Å². The molecule has 1 aliphatic rings. The fourth-order valence-corrected chi connectivity index (χ4v) is 4.03. The lowest BCUT2D eigenvalue weighted by atomic mass is 10.1. The lowest BCUT2D eigenvalue weighted by Gasteiger charge is -2.27. The van der Waals surface area contributed by atoms with Crippen molar-refractivity contribution in [3.8, 4) is 0 Å². The van der Waals surface area contributed by atoms with Crippen molar-refractivity contribution in [2.45, 2.75) is 25.4 Å². The molecule has 1 aromatic carbocycles. The summed E-state index contributed by atoms with van der Waals surface area (Å²) in [7, 11) is -1.56. The van der Waals surface area contributed by atoms with Gasteiger partial charge in [-0.3, -0.25) is 0 Å². The summed E-state index contributed by atoms with van der Waals surface area (Å²) < 4.78 is 48.9. The lowest BCUT2D eigenvalue weighted by Crippen LogP contribution is -2.44. The quantitative estimate of drug-likeness (QED) is 0.919. The molecule has 0 aliphatic carbocycles. The van der Waals surface area contributed by atoms with Gasteiger partial charge in [-0.05, 0) is 31.0 Å². The zero-order valence-corrected chi connectivity index (χ0v) is 13.2. The molecule has 122 valence electrons. The minimum Gasteiger partial charge on any atom is -0.334 e. The van der Waals surface area contributed by atoms with E-state index < -0.39 is 39.6 Å². The second kappa shape index (κ2) is 6.20. The summed E-state index contributed by atoms with van der Waals surface area (Å²) in [5.74, 6) is -1.91. The van der Waals surface area contributed by atoms with Crippen LogP contribution in [0.2, 0.25) is 0 Å². The highest BCUT2D eigenvalue weighted by molar-refractivity contribution is 7.91. The smallest absolute Gasteiger partial charge is 0.317 e. The SMILES string of the molecule is C[C@@H](c1ccc(F)c(F)c1)N(C)C(=O)N[C@H]1CCS(=O)(=O)C1. The Balaban J connectivity index is 2.02. The van der Waals surface area contributed by atoms with Crippen molar-refractivity contribution >= 4 is 15.9 Å². The Hall–Kier alpha value is -1.70. The zero-order chi connectivity index (χ0) is 16.5. The molecular formula is C14H18F2N2O3S. The van der Waals surface area contributed by atoms with Crippen LogP contribution in [0.5, 0.6) is 0 Å². The Morgan fingerprint density at radius 3 is 2.59 bits per heavy atom. The van der Waals surface area contributed by atoms with E-state index in [2.05, 4.69) is 5.32 Å². The van der Waals surface area contributed by atoms with Crippen LogP contribution in [0.4, 0.5) is 13.6 Å². The molecule has 0 unspecified atom stereocenters. The van der Waals surface area contributed by atoms with Gasteiger partial charge >= 0.3 is 6.03 Å². The first-order valence-electron chi connectivity index (χ1n) is 6.88. The number of carbonyl (C=O) groups excluding carboxylic acids is 1. The third kappa shape index (κ3) is 3.73. The second-order valence-corrected chi connectivity index (χ2v) is 7.74. The van der Waals surface area contributed by atoms with Crippen molar-refractivity contribution in [1.29, 1.82) is 0 Å². The van der Waals surface area contributed by atoms with E-state index in [1.54, 1.807) is 6.92 Å². The molecule has 2 atom stereocenters. The first kappa shape index (κ1) is 16.7. The van der Waals surface area contributed by atoms with Crippen LogP contribution in [0.1, 0.15) is 24.9 Å². The van der Waals surface area contributed by atoms with Crippen LogP contribution in [0.25, 0.3) is 0 Å². The number of rotatable bonds is 3. The van der Waals surface area contributed by atoms with Crippen LogP contribution < -0.4 is 5.32 Å². The third-order valence-corrected chi connectivity index (χ3v) is 5.66. The second-order valence-electron chi connectivity index (χ2n) is 5.51. The van der Waals surface area contributed by atoms with Crippen molar-refractivity contribution in [3.63, 3.8) is 0 Å². The molecule has 1 saturated heterocycles. The number of carbonyl (C=O) groups is 1. The molecule has 1 N–H and O–H groups in total. The average Bonchev–Trinajstić information content (AvgIpc) is 2.79. The molecular weight excluding hydrogens is 314 g/mol. The molecule has 0 radical (unpaired) electrons. The van der Waals surface area contributed by atoms with Crippen LogP contribution in [-0.4, -0.2) is 43.9 Å². The van der Waals surface area contributed by atoms with Crippen molar-refractivity contribution in [3.05, 3.63) is 35.4 Å². The molecule has 0 aromatic heterocycles. The summed E-state index contributed by atoms with van der Waals surface area (Å²) in [5, 5.41) is 2.65. The number of halogens is 2. The molecule has 22 heavy (non-hydrogen) atoms. The largest absolute Gasteiger partial charge is 0.334 e. The zero-order valence-electron chi connectivity index (χ0n) is 12.3. The van der Waals surface area contributed by atoms with Gasteiger partial charge in [-0.2, -0.15) is 0 Å². The summed E-state index contributed by atoms with van der Waals surface area (Å²) in [6, 6.07) is 2.14. The molecule has 8 heteroatoms. The van der Waals surface area contributed by atoms with Gasteiger partial charge in [0.2, 0.25) is 0 Å². The third-order valence-electron chi connectivity index (χ3n) is 3.89. The Labute approximate surface area is 128 Å². The Kier molecular flexibility index (Phi) is 4.69. The van der Waals surface area contributed by atoms with Gasteiger partial charge in [-0.15, -0.1) is 0 Å². The first-order chi connectivity index (χ1) is 10.2. The van der Waals surface area contributed by atoms with E-state index >= 15 is 0 Å². The van der Waals surface area contributed by atoms with E-state index in [4.69, 9.17) is 0 Å². The number of nitrogens with one attached hydrogen (secondary N) is 1. The number of hydrogen-bond donors (Lipinski definition) is 1. The van der Waals surface area contributed by atoms with Gasteiger partial charge in [0.25, 0.3) is 0 Å². The molecule has 0 spiro atoms. The van der Waals surface area contributed by atoms with Gasteiger partial charge in [-0.25, -0.2) is 22.0 Å². The number of amides is 2. The van der Waals surface area contributed by atoms with Crippen LogP contribution in [0.3, 0.4) is 0 Å². The van der Waals surface area contributed by atoms with Crippen molar-refractivity contribution in [2.24, 2.45) is 0 Å². The van der Waals surface area contributed by atoms with E-state index in [0.29, 0.717) is 12.0 Å². The minimum atomic E-state index is -3.07. The van der Waals surface area contributed by atoms with Gasteiger partial charge in [0.15, 0.2) is 21.5 Å². The maximum absolute atomic E-state index is 13.3. The maximum Gasteiger partial charge on any atom is 0.317 e. The minimum absolute atomic E-state index is 0.0634. The lowest BCUT2D eigenvalue weighted by molar-refractivity contribution is 0.191. The van der Waals surface area contributed by atoms with Gasteiger partial charge in [-0.1, -0.05) is 6.07 Å². The van der Waals surface area contributed by atoms with Crippen LogP contribution in [0.15, 0.2) is 18.2 Å². The van der Waals surface area contributed by atoms with Gasteiger partial charge in [0.1, 0.15) is 0 Å². The van der Waals surface area contributed by atoms with Crippen molar-refractivity contribution in [2.75, 3.05) is 18.6 Å². The molecule has 2 rings (SSSR count). The number of benzene rings is 1. The number of hydrogen-bond acceptors (Lipinski definition) is 3. The molecule has 5 nitrogen and oxygen atoms in total. The average molecular weight is 332 g/mol.